The second-order valence-corrected chi connectivity index (χ2v) is 13.7. The van der Waals surface area contributed by atoms with Gasteiger partial charge in [-0.05, 0) is 87.5 Å². The zero-order valence-corrected chi connectivity index (χ0v) is 25.0. The molecule has 3 aliphatic rings. The lowest BCUT2D eigenvalue weighted by Crippen LogP contribution is -2.52. The van der Waals surface area contributed by atoms with Crippen molar-refractivity contribution in [2.24, 2.45) is 0 Å². The maximum Gasteiger partial charge on any atom is 0.416 e. The number of carbonyl (C=O) groups excluding carboxylic acids is 1. The van der Waals surface area contributed by atoms with Gasteiger partial charge in [0.15, 0.2) is 5.78 Å². The van der Waals surface area contributed by atoms with Gasteiger partial charge in [0.25, 0.3) is 0 Å². The van der Waals surface area contributed by atoms with E-state index in [2.05, 4.69) is 4.90 Å². The minimum absolute atomic E-state index is 0.0343. The molecule has 0 saturated carbocycles. The van der Waals surface area contributed by atoms with Crippen LogP contribution in [0.25, 0.3) is 0 Å². The number of alkyl halides is 3. The molecule has 3 fully saturated rings. The SMILES string of the molecule is O=C(CN1CCC(OCCN2CCCC2)(c2ccc(F)cc2)CC1)C1CCCCN1S(=O)(=O)c1cccc(C(F)(F)F)c1. The average Bonchev–Trinajstić information content (AvgIpc) is 3.52. The van der Waals surface area contributed by atoms with Crippen molar-refractivity contribution in [2.75, 3.05) is 52.4 Å². The third kappa shape index (κ3) is 7.47. The molecule has 3 heterocycles. The number of hydrogen-bond acceptors (Lipinski definition) is 6. The predicted molar refractivity (Wildman–Crippen MR) is 153 cm³/mol. The highest BCUT2D eigenvalue weighted by Crippen LogP contribution is 2.38. The Labute approximate surface area is 250 Å². The normalized spacial score (nSPS) is 22.6. The standard InChI is InChI=1S/C31H39F4N3O4S/c32-26-11-9-24(10-12-26)30(42-21-20-36-15-3-4-16-36)13-18-37(19-14-30)23-29(39)28-8-1-2-17-38(28)43(40,41)27-7-5-6-25(22-27)31(33,34)35/h5-7,9-12,22,28H,1-4,8,13-21,23H2. The van der Waals surface area contributed by atoms with E-state index in [0.717, 1.165) is 47.7 Å². The van der Waals surface area contributed by atoms with E-state index in [1.807, 2.05) is 4.90 Å². The van der Waals surface area contributed by atoms with Crippen molar-refractivity contribution in [3.8, 4) is 0 Å². The molecule has 2 aromatic rings. The zero-order valence-electron chi connectivity index (χ0n) is 24.2. The number of benzene rings is 2. The fraction of sp³-hybridized carbons (Fsp3) is 0.581. The van der Waals surface area contributed by atoms with Crippen LogP contribution in [0.2, 0.25) is 0 Å². The number of sulfonamides is 1. The van der Waals surface area contributed by atoms with Crippen molar-refractivity contribution in [1.29, 1.82) is 0 Å². The lowest BCUT2D eigenvalue weighted by Gasteiger charge is -2.43. The van der Waals surface area contributed by atoms with Crippen molar-refractivity contribution >= 4 is 15.8 Å². The number of ether oxygens (including phenoxy) is 1. The van der Waals surface area contributed by atoms with Crippen LogP contribution in [0.4, 0.5) is 17.6 Å². The summed E-state index contributed by atoms with van der Waals surface area (Å²) in [5.74, 6) is -0.587. The second kappa shape index (κ2) is 13.3. The van der Waals surface area contributed by atoms with Crippen LogP contribution >= 0.6 is 0 Å². The van der Waals surface area contributed by atoms with E-state index in [1.54, 1.807) is 12.1 Å². The molecule has 1 atom stereocenters. The van der Waals surface area contributed by atoms with Gasteiger partial charge in [-0.1, -0.05) is 24.6 Å². The molecule has 0 aromatic heterocycles. The molecule has 7 nitrogen and oxygen atoms in total. The van der Waals surface area contributed by atoms with E-state index in [9.17, 15) is 30.8 Å². The largest absolute Gasteiger partial charge is 0.416 e. The van der Waals surface area contributed by atoms with Gasteiger partial charge in [-0.2, -0.15) is 17.5 Å². The van der Waals surface area contributed by atoms with Crippen molar-refractivity contribution < 1.29 is 35.5 Å². The quantitative estimate of drug-likeness (QED) is 0.344. The molecule has 0 bridgehead atoms. The molecule has 0 aliphatic carbocycles. The number of hydrogen-bond donors (Lipinski definition) is 0. The summed E-state index contributed by atoms with van der Waals surface area (Å²) in [7, 11) is -4.32. The molecule has 1 unspecified atom stereocenters. The highest BCUT2D eigenvalue weighted by molar-refractivity contribution is 7.89. The Morgan fingerprint density at radius 2 is 1.58 bits per heavy atom. The summed E-state index contributed by atoms with van der Waals surface area (Å²) in [4.78, 5) is 17.5. The Hall–Kier alpha value is -2.38. The van der Waals surface area contributed by atoms with Gasteiger partial charge in [0.05, 0.1) is 35.3 Å². The number of ketones is 1. The van der Waals surface area contributed by atoms with Crippen LogP contribution in [0.3, 0.4) is 0 Å². The van der Waals surface area contributed by atoms with Crippen LogP contribution in [0.5, 0.6) is 0 Å². The molecule has 0 spiro atoms. The van der Waals surface area contributed by atoms with Crippen LogP contribution in [-0.2, 0) is 31.3 Å². The fourth-order valence-electron chi connectivity index (χ4n) is 6.53. The van der Waals surface area contributed by atoms with Crippen molar-refractivity contribution in [3.05, 3.63) is 65.5 Å². The van der Waals surface area contributed by atoms with Gasteiger partial charge in [-0.25, -0.2) is 12.8 Å². The smallest absolute Gasteiger partial charge is 0.369 e. The Balaban J connectivity index is 1.25. The van der Waals surface area contributed by atoms with Gasteiger partial charge in [0.1, 0.15) is 5.82 Å². The summed E-state index contributed by atoms with van der Waals surface area (Å²) in [5.41, 5.74) is -0.766. The molecule has 3 aliphatic heterocycles. The minimum atomic E-state index is -4.68. The fourth-order valence-corrected chi connectivity index (χ4v) is 8.25. The lowest BCUT2D eigenvalue weighted by atomic mass is 9.83. The number of halogens is 4. The van der Waals surface area contributed by atoms with Gasteiger partial charge >= 0.3 is 6.18 Å². The maximum atomic E-state index is 13.7. The van der Waals surface area contributed by atoms with Gasteiger partial charge in [-0.15, -0.1) is 0 Å². The van der Waals surface area contributed by atoms with Gasteiger partial charge in [-0.3, -0.25) is 9.69 Å². The first-order chi connectivity index (χ1) is 20.5. The molecule has 2 aromatic carbocycles. The first-order valence-electron chi connectivity index (χ1n) is 15.0. The zero-order chi connectivity index (χ0) is 30.7. The highest BCUT2D eigenvalue weighted by Gasteiger charge is 2.41. The van der Waals surface area contributed by atoms with E-state index >= 15 is 0 Å². The summed E-state index contributed by atoms with van der Waals surface area (Å²) in [6.07, 6.45) is 0.370. The molecule has 236 valence electrons. The predicted octanol–water partition coefficient (Wildman–Crippen LogP) is 5.06. The van der Waals surface area contributed by atoms with Gasteiger partial charge < -0.3 is 9.64 Å². The Kier molecular flexibility index (Phi) is 9.92. The van der Waals surface area contributed by atoms with E-state index in [1.165, 1.54) is 25.0 Å². The third-order valence-electron chi connectivity index (χ3n) is 8.99. The molecular formula is C31H39F4N3O4S. The number of piperidine rings is 2. The van der Waals surface area contributed by atoms with Crippen LogP contribution < -0.4 is 0 Å². The summed E-state index contributed by atoms with van der Waals surface area (Å²) < 4.78 is 88.2. The first-order valence-corrected chi connectivity index (χ1v) is 16.5. The number of carbonyl (C=O) groups is 1. The molecule has 0 radical (unpaired) electrons. The number of rotatable bonds is 10. The summed E-state index contributed by atoms with van der Waals surface area (Å²) >= 11 is 0. The number of Topliss-reactive ketones (excluding diaryl/α,β-unsaturated/α-hetero) is 1. The number of nitrogens with zero attached hydrogens (tertiary/aromatic N) is 3. The maximum absolute atomic E-state index is 13.7. The van der Waals surface area contributed by atoms with E-state index < -0.39 is 38.3 Å². The van der Waals surface area contributed by atoms with Gasteiger partial charge in [0.2, 0.25) is 10.0 Å². The van der Waals surface area contributed by atoms with E-state index in [-0.39, 0.29) is 24.7 Å². The Bertz CT molecular complexity index is 1360. The van der Waals surface area contributed by atoms with Crippen LogP contribution in [0.1, 0.15) is 56.1 Å². The molecule has 43 heavy (non-hydrogen) atoms. The van der Waals surface area contributed by atoms with Crippen molar-refractivity contribution in [3.63, 3.8) is 0 Å². The Morgan fingerprint density at radius 3 is 2.26 bits per heavy atom. The summed E-state index contributed by atoms with van der Waals surface area (Å²) in [6, 6.07) is 9.11. The second-order valence-electron chi connectivity index (χ2n) is 11.8. The molecular weight excluding hydrogens is 586 g/mol. The molecule has 12 heteroatoms. The summed E-state index contributed by atoms with van der Waals surface area (Å²) in [6.45, 7) is 4.65. The minimum Gasteiger partial charge on any atom is -0.369 e. The van der Waals surface area contributed by atoms with E-state index in [0.29, 0.717) is 57.9 Å². The van der Waals surface area contributed by atoms with E-state index in [4.69, 9.17) is 4.74 Å². The molecule has 5 rings (SSSR count). The first kappa shape index (κ1) is 32.0. The summed E-state index contributed by atoms with van der Waals surface area (Å²) in [5, 5.41) is 0. The van der Waals surface area contributed by atoms with Crippen LogP contribution in [-0.4, -0.2) is 86.8 Å². The lowest BCUT2D eigenvalue weighted by molar-refractivity contribution is -0.137. The highest BCUT2D eigenvalue weighted by atomic mass is 32.2. The van der Waals surface area contributed by atoms with Gasteiger partial charge in [0, 0.05) is 26.2 Å². The molecule has 3 saturated heterocycles. The average molecular weight is 626 g/mol. The monoisotopic (exact) mass is 625 g/mol. The Morgan fingerprint density at radius 1 is 0.907 bits per heavy atom. The number of likely N-dealkylation sites (tertiary alicyclic amines) is 2. The molecule has 0 amide bonds. The molecule has 0 N–H and O–H groups in total. The van der Waals surface area contributed by atoms with Crippen molar-refractivity contribution in [2.45, 2.75) is 67.7 Å². The van der Waals surface area contributed by atoms with Crippen molar-refractivity contribution in [1.82, 2.24) is 14.1 Å². The topological polar surface area (TPSA) is 70.2 Å². The van der Waals surface area contributed by atoms with Crippen LogP contribution in [0, 0.1) is 5.82 Å². The third-order valence-corrected chi connectivity index (χ3v) is 10.9. The van der Waals surface area contributed by atoms with Crippen LogP contribution in [0.15, 0.2) is 53.4 Å².